The molecule has 4 aliphatic carbocycles. The van der Waals surface area contributed by atoms with E-state index in [1.165, 1.54) is 0 Å². The number of ketones is 1. The van der Waals surface area contributed by atoms with Crippen molar-refractivity contribution < 1.29 is 17.4 Å². The van der Waals surface area contributed by atoms with Crippen molar-refractivity contribution in [3.63, 3.8) is 0 Å². The van der Waals surface area contributed by atoms with Gasteiger partial charge in [-0.3, -0.25) is 9.59 Å². The fourth-order valence-corrected chi connectivity index (χ4v) is 6.60. The van der Waals surface area contributed by atoms with Crippen molar-refractivity contribution in [1.82, 2.24) is 0 Å². The number of carboxylic acids is 1. The van der Waals surface area contributed by atoms with Gasteiger partial charge in [-0.05, 0) is 79.6 Å². The number of allylic oxidation sites excluding steroid dienone is 1. The van der Waals surface area contributed by atoms with Crippen LogP contribution < -0.4 is 0 Å². The first kappa shape index (κ1) is 13.2. The number of hydrogen-bond acceptors (Lipinski definition) is 2. The minimum atomic E-state index is -0.976. The zero-order chi connectivity index (χ0) is 18.1. The summed E-state index contributed by atoms with van der Waals surface area (Å²) in [6, 6.07) is 0. The summed E-state index contributed by atoms with van der Waals surface area (Å²) < 4.78 is 16.8. The highest BCUT2D eigenvalue weighted by atomic mass is 16.4. The lowest BCUT2D eigenvalue weighted by Crippen LogP contribution is -2.51. The SMILES string of the molecule is [3H]C1C(=O)C=C2CC[C@H]3[C@@H]4CC[C@H](C(=O)O)[C@@]4(C)CC[C@@H]3[C@@]2(C)C1[3H]. The van der Waals surface area contributed by atoms with Gasteiger partial charge in [-0.25, -0.2) is 0 Å². The molecule has 0 amide bonds. The van der Waals surface area contributed by atoms with Crippen LogP contribution in [0.2, 0.25) is 0 Å². The molecule has 0 aliphatic heterocycles. The summed E-state index contributed by atoms with van der Waals surface area (Å²) >= 11 is 0. The van der Waals surface area contributed by atoms with E-state index in [9.17, 15) is 14.7 Å². The molecule has 8 atom stereocenters. The smallest absolute Gasteiger partial charge is 0.307 e. The van der Waals surface area contributed by atoms with Gasteiger partial charge >= 0.3 is 5.97 Å². The molecule has 1 N–H and O–H groups in total. The maximum absolute atomic E-state index is 12.1. The quantitative estimate of drug-likeness (QED) is 0.787. The molecule has 0 radical (unpaired) electrons. The molecule has 2 unspecified atom stereocenters. The van der Waals surface area contributed by atoms with E-state index >= 15 is 0 Å². The van der Waals surface area contributed by atoms with Crippen LogP contribution in [0.3, 0.4) is 0 Å². The van der Waals surface area contributed by atoms with Gasteiger partial charge in [0, 0.05) is 9.14 Å². The van der Waals surface area contributed by atoms with E-state index in [0.717, 1.165) is 44.1 Å². The van der Waals surface area contributed by atoms with Crippen LogP contribution in [-0.2, 0) is 9.59 Å². The Morgan fingerprint density at radius 2 is 2.04 bits per heavy atom. The van der Waals surface area contributed by atoms with E-state index < -0.39 is 24.2 Å². The zero-order valence-electron chi connectivity index (χ0n) is 16.0. The molecular weight excluding hydrogens is 288 g/mol. The van der Waals surface area contributed by atoms with Crippen LogP contribution in [0.1, 0.15) is 67.9 Å². The number of hydrogen-bond donors (Lipinski definition) is 1. The maximum atomic E-state index is 12.1. The lowest BCUT2D eigenvalue weighted by atomic mass is 9.47. The Morgan fingerprint density at radius 1 is 1.26 bits per heavy atom. The van der Waals surface area contributed by atoms with Crippen LogP contribution in [0, 0.1) is 34.5 Å². The fourth-order valence-electron chi connectivity index (χ4n) is 6.60. The van der Waals surface area contributed by atoms with Gasteiger partial charge in [-0.15, -0.1) is 0 Å². The molecule has 0 aromatic carbocycles. The molecule has 0 bridgehead atoms. The number of fused-ring (bicyclic) bond motifs is 5. The normalized spacial score (nSPS) is 56.6. The summed E-state index contributed by atoms with van der Waals surface area (Å²) in [5, 5.41) is 9.66. The molecule has 3 fully saturated rings. The second-order valence-corrected chi connectivity index (χ2v) is 8.62. The van der Waals surface area contributed by atoms with Gasteiger partial charge < -0.3 is 5.11 Å². The number of rotatable bonds is 1. The highest BCUT2D eigenvalue weighted by Gasteiger charge is 2.60. The Balaban J connectivity index is 1.71. The first-order chi connectivity index (χ1) is 11.7. The van der Waals surface area contributed by atoms with Crippen LogP contribution in [0.15, 0.2) is 11.6 Å². The predicted octanol–water partition coefficient (Wildman–Crippen LogP) is 4.22. The minimum absolute atomic E-state index is 0.132. The highest BCUT2D eigenvalue weighted by Crippen LogP contribution is 2.66. The van der Waals surface area contributed by atoms with Gasteiger partial charge in [-0.1, -0.05) is 19.4 Å². The molecule has 0 heterocycles. The lowest BCUT2D eigenvalue weighted by Gasteiger charge is -2.57. The summed E-state index contributed by atoms with van der Waals surface area (Å²) in [6.07, 6.45) is 5.37. The number of carbonyl (C=O) groups is 2. The molecule has 23 heavy (non-hydrogen) atoms. The Hall–Kier alpha value is -1.12. The summed E-state index contributed by atoms with van der Waals surface area (Å²) in [6.45, 7) is 4.27. The van der Waals surface area contributed by atoms with Crippen molar-refractivity contribution in [2.24, 2.45) is 34.5 Å². The van der Waals surface area contributed by atoms with E-state index in [-0.39, 0.29) is 17.1 Å². The molecule has 4 aliphatic rings. The molecule has 126 valence electrons. The molecule has 4 rings (SSSR count). The Labute approximate surface area is 141 Å². The minimum Gasteiger partial charge on any atom is -0.481 e. The van der Waals surface area contributed by atoms with E-state index in [4.69, 9.17) is 2.74 Å². The number of aliphatic carboxylic acids is 1. The Morgan fingerprint density at radius 3 is 2.78 bits per heavy atom. The summed E-state index contributed by atoms with van der Waals surface area (Å²) in [7, 11) is 0. The van der Waals surface area contributed by atoms with Gasteiger partial charge in [0.15, 0.2) is 5.78 Å². The second-order valence-electron chi connectivity index (χ2n) is 8.62. The average molecular weight is 320 g/mol. The first-order valence-corrected chi connectivity index (χ1v) is 9.03. The summed E-state index contributed by atoms with van der Waals surface area (Å²) in [4.78, 5) is 23.8. The molecule has 0 aromatic heterocycles. The molecule has 0 aromatic rings. The Bertz CT molecular complexity index is 659. The van der Waals surface area contributed by atoms with Crippen LogP contribution in [-0.4, -0.2) is 16.9 Å². The molecule has 3 nitrogen and oxygen atoms in total. The van der Waals surface area contributed by atoms with Gasteiger partial charge in [0.1, 0.15) is 0 Å². The van der Waals surface area contributed by atoms with Gasteiger partial charge in [-0.2, -0.15) is 0 Å². The number of carboxylic acid groups (broad SMARTS) is 1. The summed E-state index contributed by atoms with van der Waals surface area (Å²) in [5.74, 6) is 0.0314. The second kappa shape index (κ2) is 4.94. The first-order valence-electron chi connectivity index (χ1n) is 10.2. The molecule has 3 saturated carbocycles. The molecule has 0 spiro atoms. The van der Waals surface area contributed by atoms with Gasteiger partial charge in [0.2, 0.25) is 0 Å². The Kier molecular flexibility index (Phi) is 2.83. The van der Waals surface area contributed by atoms with Crippen LogP contribution in [0.25, 0.3) is 0 Å². The lowest BCUT2D eigenvalue weighted by molar-refractivity contribution is -0.149. The monoisotopic (exact) mass is 320 g/mol. The largest absolute Gasteiger partial charge is 0.481 e. The third-order valence-electron chi connectivity index (χ3n) is 7.85. The topological polar surface area (TPSA) is 54.4 Å². The van der Waals surface area contributed by atoms with Crippen molar-refractivity contribution >= 4 is 11.8 Å². The van der Waals surface area contributed by atoms with Gasteiger partial charge in [0.05, 0.1) is 5.92 Å². The van der Waals surface area contributed by atoms with Crippen molar-refractivity contribution in [2.45, 2.75) is 65.2 Å². The molecule has 3 heteroatoms. The third kappa shape index (κ3) is 2.01. The van der Waals surface area contributed by atoms with E-state index in [1.54, 1.807) is 6.08 Å². The highest BCUT2D eigenvalue weighted by molar-refractivity contribution is 5.91. The van der Waals surface area contributed by atoms with Crippen LogP contribution in [0.4, 0.5) is 0 Å². The predicted molar refractivity (Wildman–Crippen MR) is 87.8 cm³/mol. The van der Waals surface area contributed by atoms with E-state index in [0.29, 0.717) is 17.8 Å². The van der Waals surface area contributed by atoms with Crippen molar-refractivity contribution in [3.8, 4) is 0 Å². The average Bonchev–Trinajstić information content (AvgIpc) is 2.92. The maximum Gasteiger partial charge on any atom is 0.307 e. The van der Waals surface area contributed by atoms with Crippen molar-refractivity contribution in [2.75, 3.05) is 0 Å². The third-order valence-corrected chi connectivity index (χ3v) is 7.85. The van der Waals surface area contributed by atoms with Crippen molar-refractivity contribution in [1.29, 1.82) is 0 Å². The van der Waals surface area contributed by atoms with Crippen molar-refractivity contribution in [3.05, 3.63) is 11.6 Å². The standard InChI is InChI=1S/C20H28O3/c1-19-9-7-13(21)11-12(19)3-4-14-15-5-6-17(18(22)23)20(15,2)10-8-16(14)19/h11,14-17H,3-10H2,1-2H3,(H,22,23)/t14-,15-,16-,17+,19-,20-/m0/s1/i7T,9T/t7?,9?,14-,15-,16-,17+,19-,20-. The molecule has 0 saturated heterocycles. The van der Waals surface area contributed by atoms with Gasteiger partial charge in [0.25, 0.3) is 0 Å². The zero-order valence-corrected chi connectivity index (χ0v) is 14.0. The number of carbonyl (C=O) groups excluding carboxylic acids is 1. The van der Waals surface area contributed by atoms with E-state index in [2.05, 4.69) is 13.8 Å². The van der Waals surface area contributed by atoms with E-state index in [1.807, 2.05) is 0 Å². The molecular formula is C20H28O3. The summed E-state index contributed by atoms with van der Waals surface area (Å²) in [5.41, 5.74) is 0.553. The fraction of sp³-hybridized carbons (Fsp3) is 0.800. The van der Waals surface area contributed by atoms with Crippen LogP contribution in [0.5, 0.6) is 0 Å². The van der Waals surface area contributed by atoms with Crippen LogP contribution >= 0.6 is 0 Å².